The molecule has 0 amide bonds. The van der Waals surface area contributed by atoms with Crippen LogP contribution < -0.4 is 11.0 Å². The van der Waals surface area contributed by atoms with Crippen molar-refractivity contribution in [3.05, 3.63) is 34.2 Å². The second kappa shape index (κ2) is 6.45. The summed E-state index contributed by atoms with van der Waals surface area (Å²) in [5.41, 5.74) is 2.74. The van der Waals surface area contributed by atoms with E-state index in [-0.39, 0.29) is 11.7 Å². The average molecular weight is 290 g/mol. The standard InChI is InChI=1S/C16H26N4O/c1-10(2)15(9-20(4)5)17-11(3)12-6-7-13-14(8-12)19-16(21)18-13/h6-8,10-11,15,17H,9H2,1-5H3,(H2,18,19,21). The minimum atomic E-state index is -0.157. The van der Waals surface area contributed by atoms with E-state index in [0.717, 1.165) is 17.6 Å². The Hall–Kier alpha value is -1.59. The summed E-state index contributed by atoms with van der Waals surface area (Å²) in [7, 11) is 4.19. The predicted octanol–water partition coefficient (Wildman–Crippen LogP) is 2.09. The molecule has 0 radical (unpaired) electrons. The van der Waals surface area contributed by atoms with Crippen LogP contribution in [0, 0.1) is 5.92 Å². The van der Waals surface area contributed by atoms with E-state index in [0.29, 0.717) is 12.0 Å². The highest BCUT2D eigenvalue weighted by molar-refractivity contribution is 5.75. The molecule has 1 aromatic heterocycles. The molecule has 3 N–H and O–H groups in total. The van der Waals surface area contributed by atoms with Gasteiger partial charge >= 0.3 is 5.69 Å². The highest BCUT2D eigenvalue weighted by Crippen LogP contribution is 2.19. The molecule has 1 heterocycles. The van der Waals surface area contributed by atoms with Crippen LogP contribution in [0.25, 0.3) is 11.0 Å². The molecule has 0 bridgehead atoms. The van der Waals surface area contributed by atoms with E-state index in [1.807, 2.05) is 12.1 Å². The molecule has 0 saturated heterocycles. The molecule has 21 heavy (non-hydrogen) atoms. The molecule has 116 valence electrons. The molecule has 2 rings (SSSR count). The minimum absolute atomic E-state index is 0.157. The van der Waals surface area contributed by atoms with E-state index >= 15 is 0 Å². The number of hydrogen-bond acceptors (Lipinski definition) is 3. The smallest absolute Gasteiger partial charge is 0.308 e. The Labute approximate surface area is 125 Å². The van der Waals surface area contributed by atoms with Gasteiger partial charge in [0.1, 0.15) is 0 Å². The zero-order chi connectivity index (χ0) is 15.6. The lowest BCUT2D eigenvalue weighted by Gasteiger charge is -2.29. The van der Waals surface area contributed by atoms with Crippen molar-refractivity contribution in [3.8, 4) is 0 Å². The van der Waals surface area contributed by atoms with Crippen LogP contribution in [0.1, 0.15) is 32.4 Å². The van der Waals surface area contributed by atoms with Gasteiger partial charge in [0.25, 0.3) is 0 Å². The summed E-state index contributed by atoms with van der Waals surface area (Å²) in [4.78, 5) is 19.1. The first-order chi connectivity index (χ1) is 9.86. The molecular weight excluding hydrogens is 264 g/mol. The van der Waals surface area contributed by atoms with Crippen molar-refractivity contribution in [1.29, 1.82) is 0 Å². The van der Waals surface area contributed by atoms with Crippen LogP contribution in [0.4, 0.5) is 0 Å². The summed E-state index contributed by atoms with van der Waals surface area (Å²) >= 11 is 0. The summed E-state index contributed by atoms with van der Waals surface area (Å²) in [6.45, 7) is 7.64. The highest BCUT2D eigenvalue weighted by atomic mass is 16.1. The number of hydrogen-bond donors (Lipinski definition) is 3. The maximum absolute atomic E-state index is 11.3. The Bertz CT molecular complexity index is 641. The quantitative estimate of drug-likeness (QED) is 0.763. The van der Waals surface area contributed by atoms with Gasteiger partial charge in [-0.1, -0.05) is 19.9 Å². The molecular formula is C16H26N4O. The predicted molar refractivity (Wildman–Crippen MR) is 87.7 cm³/mol. The molecule has 1 aromatic carbocycles. The number of aromatic amines is 2. The fourth-order valence-electron chi connectivity index (χ4n) is 2.59. The van der Waals surface area contributed by atoms with Crippen molar-refractivity contribution in [2.75, 3.05) is 20.6 Å². The normalized spacial score (nSPS) is 15.0. The number of nitrogens with zero attached hydrogens (tertiary/aromatic N) is 1. The molecule has 2 unspecified atom stereocenters. The number of rotatable bonds is 6. The number of benzene rings is 1. The second-order valence-corrected chi connectivity index (χ2v) is 6.39. The molecule has 0 aliphatic rings. The summed E-state index contributed by atoms with van der Waals surface area (Å²) in [5.74, 6) is 0.561. The second-order valence-electron chi connectivity index (χ2n) is 6.39. The molecule has 0 fully saturated rings. The van der Waals surface area contributed by atoms with Gasteiger partial charge in [0.05, 0.1) is 11.0 Å². The Morgan fingerprint density at radius 1 is 1.14 bits per heavy atom. The van der Waals surface area contributed by atoms with Gasteiger partial charge in [0, 0.05) is 18.6 Å². The van der Waals surface area contributed by atoms with Crippen LogP contribution in [-0.4, -0.2) is 41.5 Å². The molecule has 0 aliphatic heterocycles. The number of fused-ring (bicyclic) bond motifs is 1. The van der Waals surface area contributed by atoms with E-state index in [1.165, 1.54) is 5.56 Å². The number of aromatic nitrogens is 2. The summed E-state index contributed by atoms with van der Waals surface area (Å²) in [6.07, 6.45) is 0. The third kappa shape index (κ3) is 3.95. The van der Waals surface area contributed by atoms with E-state index in [2.05, 4.69) is 61.1 Å². The first-order valence-corrected chi connectivity index (χ1v) is 7.49. The summed E-state index contributed by atoms with van der Waals surface area (Å²) < 4.78 is 0. The SMILES string of the molecule is CC(NC(CN(C)C)C(C)C)c1ccc2[nH]c(=O)[nH]c2c1. The minimum Gasteiger partial charge on any atom is -0.308 e. The third-order valence-corrected chi connectivity index (χ3v) is 3.87. The Morgan fingerprint density at radius 2 is 1.81 bits per heavy atom. The van der Waals surface area contributed by atoms with Gasteiger partial charge in [-0.05, 0) is 44.6 Å². The number of imidazole rings is 1. The van der Waals surface area contributed by atoms with Crippen LogP contribution in [0.15, 0.2) is 23.0 Å². The van der Waals surface area contributed by atoms with Crippen LogP contribution >= 0.6 is 0 Å². The highest BCUT2D eigenvalue weighted by Gasteiger charge is 2.17. The van der Waals surface area contributed by atoms with Gasteiger partial charge in [-0.3, -0.25) is 0 Å². The monoisotopic (exact) mass is 290 g/mol. The van der Waals surface area contributed by atoms with Crippen LogP contribution in [-0.2, 0) is 0 Å². The van der Waals surface area contributed by atoms with E-state index in [9.17, 15) is 4.79 Å². The molecule has 5 nitrogen and oxygen atoms in total. The lowest BCUT2D eigenvalue weighted by atomic mass is 10.0. The summed E-state index contributed by atoms with van der Waals surface area (Å²) in [6, 6.07) is 6.72. The number of likely N-dealkylation sites (N-methyl/N-ethyl adjacent to an activating group) is 1. The fourth-order valence-corrected chi connectivity index (χ4v) is 2.59. The van der Waals surface area contributed by atoms with Crippen LogP contribution in [0.5, 0.6) is 0 Å². The summed E-state index contributed by atoms with van der Waals surface area (Å²) in [5, 5.41) is 3.69. The van der Waals surface area contributed by atoms with Crippen molar-refractivity contribution in [2.45, 2.75) is 32.9 Å². The lowest BCUT2D eigenvalue weighted by molar-refractivity contribution is 0.273. The van der Waals surface area contributed by atoms with Gasteiger partial charge < -0.3 is 20.2 Å². The number of nitrogens with one attached hydrogen (secondary N) is 3. The van der Waals surface area contributed by atoms with Crippen LogP contribution in [0.3, 0.4) is 0 Å². The average Bonchev–Trinajstić information content (AvgIpc) is 2.76. The Morgan fingerprint density at radius 3 is 2.43 bits per heavy atom. The van der Waals surface area contributed by atoms with Crippen LogP contribution in [0.2, 0.25) is 0 Å². The molecule has 0 saturated carbocycles. The first kappa shape index (κ1) is 15.8. The largest absolute Gasteiger partial charge is 0.323 e. The molecule has 2 atom stereocenters. The third-order valence-electron chi connectivity index (χ3n) is 3.87. The maximum atomic E-state index is 11.3. The van der Waals surface area contributed by atoms with Gasteiger partial charge in [0.2, 0.25) is 0 Å². The van der Waals surface area contributed by atoms with Gasteiger partial charge in [-0.2, -0.15) is 0 Å². The van der Waals surface area contributed by atoms with Crippen molar-refractivity contribution in [3.63, 3.8) is 0 Å². The van der Waals surface area contributed by atoms with Crippen molar-refractivity contribution in [2.24, 2.45) is 5.92 Å². The van der Waals surface area contributed by atoms with Crippen molar-refractivity contribution >= 4 is 11.0 Å². The molecule has 5 heteroatoms. The van der Waals surface area contributed by atoms with E-state index in [1.54, 1.807) is 0 Å². The Kier molecular flexibility index (Phi) is 4.85. The van der Waals surface area contributed by atoms with Gasteiger partial charge in [-0.15, -0.1) is 0 Å². The maximum Gasteiger partial charge on any atom is 0.323 e. The fraction of sp³-hybridized carbons (Fsp3) is 0.562. The zero-order valence-electron chi connectivity index (χ0n) is 13.5. The lowest BCUT2D eigenvalue weighted by Crippen LogP contribution is -2.43. The van der Waals surface area contributed by atoms with Gasteiger partial charge in [0.15, 0.2) is 0 Å². The first-order valence-electron chi connectivity index (χ1n) is 7.49. The zero-order valence-corrected chi connectivity index (χ0v) is 13.5. The van der Waals surface area contributed by atoms with E-state index < -0.39 is 0 Å². The van der Waals surface area contributed by atoms with E-state index in [4.69, 9.17) is 0 Å². The molecule has 0 spiro atoms. The van der Waals surface area contributed by atoms with Gasteiger partial charge in [-0.25, -0.2) is 4.79 Å². The van der Waals surface area contributed by atoms with Crippen molar-refractivity contribution in [1.82, 2.24) is 20.2 Å². The molecule has 0 aliphatic carbocycles. The topological polar surface area (TPSA) is 63.9 Å². The van der Waals surface area contributed by atoms with Crippen molar-refractivity contribution < 1.29 is 0 Å². The Balaban J connectivity index is 2.16. The molecule has 2 aromatic rings. The number of H-pyrrole nitrogens is 2.